The van der Waals surface area contributed by atoms with E-state index in [1.807, 2.05) is 31.2 Å². The van der Waals surface area contributed by atoms with Crippen molar-refractivity contribution in [1.29, 1.82) is 0 Å². The highest BCUT2D eigenvalue weighted by molar-refractivity contribution is 5.36. The molecular formula is C13H15N3O2. The van der Waals surface area contributed by atoms with Gasteiger partial charge in [-0.05, 0) is 31.2 Å². The standard InChI is InChI=1S/C13H15N3O2/c1-3-17-10-4-6-11(7-5-10)18-13-9-15-8-12(14-2)16-13/h4-9H,3H2,1-2H3,(H,14,16). The molecule has 0 spiro atoms. The van der Waals surface area contributed by atoms with Gasteiger partial charge in [0.05, 0.1) is 19.0 Å². The number of anilines is 1. The van der Waals surface area contributed by atoms with Gasteiger partial charge in [0.25, 0.3) is 0 Å². The monoisotopic (exact) mass is 245 g/mol. The molecule has 5 heteroatoms. The molecule has 1 heterocycles. The van der Waals surface area contributed by atoms with Crippen molar-refractivity contribution in [2.45, 2.75) is 6.92 Å². The van der Waals surface area contributed by atoms with Crippen molar-refractivity contribution in [3.05, 3.63) is 36.7 Å². The van der Waals surface area contributed by atoms with E-state index in [0.717, 1.165) is 5.75 Å². The highest BCUT2D eigenvalue weighted by atomic mass is 16.5. The van der Waals surface area contributed by atoms with E-state index >= 15 is 0 Å². The fourth-order valence-electron chi connectivity index (χ4n) is 1.41. The summed E-state index contributed by atoms with van der Waals surface area (Å²) >= 11 is 0. The van der Waals surface area contributed by atoms with E-state index in [2.05, 4.69) is 15.3 Å². The molecule has 0 saturated carbocycles. The van der Waals surface area contributed by atoms with Crippen LogP contribution in [0.1, 0.15) is 6.92 Å². The average Bonchev–Trinajstić information content (AvgIpc) is 2.42. The first-order chi connectivity index (χ1) is 8.81. The number of ether oxygens (including phenoxy) is 2. The quantitative estimate of drug-likeness (QED) is 0.877. The van der Waals surface area contributed by atoms with E-state index in [4.69, 9.17) is 9.47 Å². The Balaban J connectivity index is 2.08. The van der Waals surface area contributed by atoms with Gasteiger partial charge >= 0.3 is 0 Å². The second-order valence-corrected chi connectivity index (χ2v) is 3.50. The maximum absolute atomic E-state index is 5.58. The summed E-state index contributed by atoms with van der Waals surface area (Å²) in [4.78, 5) is 8.24. The Morgan fingerprint density at radius 2 is 1.83 bits per heavy atom. The maximum Gasteiger partial charge on any atom is 0.239 e. The molecule has 5 nitrogen and oxygen atoms in total. The van der Waals surface area contributed by atoms with Gasteiger partial charge in [-0.25, -0.2) is 0 Å². The summed E-state index contributed by atoms with van der Waals surface area (Å²) in [6.07, 6.45) is 3.20. The molecule has 1 aromatic heterocycles. The number of hydrogen-bond acceptors (Lipinski definition) is 5. The predicted molar refractivity (Wildman–Crippen MR) is 69.3 cm³/mol. The first-order valence-corrected chi connectivity index (χ1v) is 5.72. The Labute approximate surface area is 106 Å². The molecule has 2 aromatic rings. The first kappa shape index (κ1) is 12.2. The lowest BCUT2D eigenvalue weighted by Gasteiger charge is -2.07. The van der Waals surface area contributed by atoms with E-state index in [-0.39, 0.29) is 0 Å². The summed E-state index contributed by atoms with van der Waals surface area (Å²) in [6.45, 7) is 2.60. The van der Waals surface area contributed by atoms with E-state index in [9.17, 15) is 0 Å². The number of aromatic nitrogens is 2. The highest BCUT2D eigenvalue weighted by Crippen LogP contribution is 2.22. The zero-order valence-corrected chi connectivity index (χ0v) is 10.4. The number of hydrogen-bond donors (Lipinski definition) is 1. The van der Waals surface area contributed by atoms with E-state index in [0.29, 0.717) is 24.1 Å². The Hall–Kier alpha value is -2.30. The van der Waals surface area contributed by atoms with Gasteiger partial charge in [0.1, 0.15) is 17.3 Å². The SMILES string of the molecule is CCOc1ccc(Oc2cncc(NC)n2)cc1. The zero-order chi connectivity index (χ0) is 12.8. The third-order valence-electron chi connectivity index (χ3n) is 2.23. The molecule has 18 heavy (non-hydrogen) atoms. The molecule has 0 radical (unpaired) electrons. The Morgan fingerprint density at radius 1 is 1.11 bits per heavy atom. The van der Waals surface area contributed by atoms with Crippen LogP contribution in [0.15, 0.2) is 36.7 Å². The molecule has 0 unspecified atom stereocenters. The summed E-state index contributed by atoms with van der Waals surface area (Å²) in [6, 6.07) is 7.37. The molecule has 1 aromatic carbocycles. The predicted octanol–water partition coefficient (Wildman–Crippen LogP) is 2.71. The minimum atomic E-state index is 0.450. The molecule has 0 aliphatic rings. The first-order valence-electron chi connectivity index (χ1n) is 5.72. The number of benzene rings is 1. The van der Waals surface area contributed by atoms with Crippen LogP contribution in [0.5, 0.6) is 17.4 Å². The second kappa shape index (κ2) is 5.86. The summed E-state index contributed by atoms with van der Waals surface area (Å²) in [7, 11) is 1.78. The fraction of sp³-hybridized carbons (Fsp3) is 0.231. The summed E-state index contributed by atoms with van der Waals surface area (Å²) in [5.41, 5.74) is 0. The molecular weight excluding hydrogens is 230 g/mol. The Kier molecular flexibility index (Phi) is 3.96. The van der Waals surface area contributed by atoms with Crippen molar-refractivity contribution in [2.24, 2.45) is 0 Å². The third kappa shape index (κ3) is 3.10. The molecule has 0 bridgehead atoms. The normalized spacial score (nSPS) is 9.89. The fourth-order valence-corrected chi connectivity index (χ4v) is 1.41. The topological polar surface area (TPSA) is 56.3 Å². The molecule has 2 rings (SSSR count). The van der Waals surface area contributed by atoms with Crippen LogP contribution < -0.4 is 14.8 Å². The van der Waals surface area contributed by atoms with Gasteiger partial charge in [-0.2, -0.15) is 4.98 Å². The van der Waals surface area contributed by atoms with Crippen LogP contribution in [0.3, 0.4) is 0 Å². The van der Waals surface area contributed by atoms with Crippen molar-refractivity contribution in [2.75, 3.05) is 19.0 Å². The summed E-state index contributed by atoms with van der Waals surface area (Å²) in [5, 5.41) is 2.91. The van der Waals surface area contributed by atoms with Crippen LogP contribution >= 0.6 is 0 Å². The van der Waals surface area contributed by atoms with Crippen molar-refractivity contribution >= 4 is 5.82 Å². The van der Waals surface area contributed by atoms with Gasteiger partial charge in [-0.3, -0.25) is 4.98 Å². The van der Waals surface area contributed by atoms with Crippen molar-refractivity contribution in [1.82, 2.24) is 9.97 Å². The summed E-state index contributed by atoms with van der Waals surface area (Å²) < 4.78 is 10.9. The third-order valence-corrected chi connectivity index (χ3v) is 2.23. The lowest BCUT2D eigenvalue weighted by Crippen LogP contribution is -1.96. The Morgan fingerprint density at radius 3 is 2.50 bits per heavy atom. The van der Waals surface area contributed by atoms with Crippen LogP contribution in [-0.4, -0.2) is 23.6 Å². The minimum absolute atomic E-state index is 0.450. The number of nitrogens with zero attached hydrogens (tertiary/aromatic N) is 2. The zero-order valence-electron chi connectivity index (χ0n) is 10.4. The molecule has 0 saturated heterocycles. The molecule has 1 N–H and O–H groups in total. The number of rotatable bonds is 5. The van der Waals surface area contributed by atoms with E-state index in [1.54, 1.807) is 19.4 Å². The lowest BCUT2D eigenvalue weighted by molar-refractivity contribution is 0.339. The van der Waals surface area contributed by atoms with Crippen LogP contribution in [0.2, 0.25) is 0 Å². The molecule has 0 aliphatic carbocycles. The number of nitrogens with one attached hydrogen (secondary N) is 1. The maximum atomic E-state index is 5.58. The van der Waals surface area contributed by atoms with Gasteiger partial charge in [-0.15, -0.1) is 0 Å². The van der Waals surface area contributed by atoms with E-state index < -0.39 is 0 Å². The minimum Gasteiger partial charge on any atom is -0.494 e. The van der Waals surface area contributed by atoms with Crippen LogP contribution in [0, 0.1) is 0 Å². The molecule has 0 atom stereocenters. The van der Waals surface area contributed by atoms with Gasteiger partial charge in [0.15, 0.2) is 0 Å². The highest BCUT2D eigenvalue weighted by Gasteiger charge is 2.01. The van der Waals surface area contributed by atoms with Gasteiger partial charge in [-0.1, -0.05) is 0 Å². The molecule has 0 amide bonds. The average molecular weight is 245 g/mol. The van der Waals surface area contributed by atoms with Crippen molar-refractivity contribution in [3.8, 4) is 17.4 Å². The smallest absolute Gasteiger partial charge is 0.239 e. The van der Waals surface area contributed by atoms with Crippen LogP contribution in [0.4, 0.5) is 5.82 Å². The molecule has 0 fully saturated rings. The van der Waals surface area contributed by atoms with Crippen molar-refractivity contribution < 1.29 is 9.47 Å². The lowest BCUT2D eigenvalue weighted by atomic mass is 10.3. The molecule has 94 valence electrons. The van der Waals surface area contributed by atoms with Crippen LogP contribution in [-0.2, 0) is 0 Å². The van der Waals surface area contributed by atoms with Crippen LogP contribution in [0.25, 0.3) is 0 Å². The second-order valence-electron chi connectivity index (χ2n) is 3.50. The Bertz CT molecular complexity index is 500. The van der Waals surface area contributed by atoms with Gasteiger partial charge < -0.3 is 14.8 Å². The van der Waals surface area contributed by atoms with Gasteiger partial charge in [0.2, 0.25) is 5.88 Å². The van der Waals surface area contributed by atoms with Crippen molar-refractivity contribution in [3.63, 3.8) is 0 Å². The summed E-state index contributed by atoms with van der Waals surface area (Å²) in [5.74, 6) is 2.63. The van der Waals surface area contributed by atoms with Gasteiger partial charge in [0, 0.05) is 7.05 Å². The van der Waals surface area contributed by atoms with E-state index in [1.165, 1.54) is 0 Å². The molecule has 0 aliphatic heterocycles. The largest absolute Gasteiger partial charge is 0.494 e.